The van der Waals surface area contributed by atoms with Crippen LogP contribution in [0, 0.1) is 6.92 Å². The Balaban J connectivity index is 1.58. The molecule has 0 bridgehead atoms. The molecule has 1 fully saturated rings. The molecule has 2 aromatic carbocycles. The standard InChI is InChI=1S/C21H22ClN3O3/c1-14-3-7-16(8-4-14)21(2)19(27)25(20(28)24-21)13-18(26)23-12-11-15-5-9-17(22)10-6-15/h3-10H,11-13H2,1-2H3,(H,23,26)(H,24,28)/t21-/m0/s1. The third kappa shape index (κ3) is 4.17. The van der Waals surface area contributed by atoms with Crippen LogP contribution in [-0.2, 0) is 21.5 Å². The minimum Gasteiger partial charge on any atom is -0.354 e. The number of hydrogen-bond donors (Lipinski definition) is 2. The number of benzene rings is 2. The fourth-order valence-electron chi connectivity index (χ4n) is 3.12. The molecule has 1 saturated heterocycles. The van der Waals surface area contributed by atoms with Gasteiger partial charge in [-0.3, -0.25) is 14.5 Å². The van der Waals surface area contributed by atoms with Gasteiger partial charge in [-0.2, -0.15) is 0 Å². The lowest BCUT2D eigenvalue weighted by Gasteiger charge is -2.22. The van der Waals surface area contributed by atoms with Crippen molar-refractivity contribution in [1.82, 2.24) is 15.5 Å². The first kappa shape index (κ1) is 19.9. The fraction of sp³-hybridized carbons (Fsp3) is 0.286. The van der Waals surface area contributed by atoms with Gasteiger partial charge in [0.25, 0.3) is 5.91 Å². The molecule has 0 aliphatic carbocycles. The third-order valence-electron chi connectivity index (χ3n) is 4.85. The van der Waals surface area contributed by atoms with Crippen LogP contribution in [0.2, 0.25) is 5.02 Å². The van der Waals surface area contributed by atoms with E-state index >= 15 is 0 Å². The molecular formula is C21H22ClN3O3. The molecule has 1 aliphatic heterocycles. The van der Waals surface area contributed by atoms with Crippen LogP contribution in [0.1, 0.15) is 23.6 Å². The zero-order valence-corrected chi connectivity index (χ0v) is 16.5. The van der Waals surface area contributed by atoms with Crippen molar-refractivity contribution < 1.29 is 14.4 Å². The number of nitrogens with one attached hydrogen (secondary N) is 2. The van der Waals surface area contributed by atoms with E-state index in [-0.39, 0.29) is 12.5 Å². The highest BCUT2D eigenvalue weighted by Crippen LogP contribution is 2.28. The van der Waals surface area contributed by atoms with Gasteiger partial charge in [-0.15, -0.1) is 0 Å². The minimum atomic E-state index is -1.17. The first-order valence-corrected chi connectivity index (χ1v) is 9.40. The number of nitrogens with zero attached hydrogens (tertiary/aromatic N) is 1. The second-order valence-corrected chi connectivity index (χ2v) is 7.48. The molecule has 0 radical (unpaired) electrons. The lowest BCUT2D eigenvalue weighted by Crippen LogP contribution is -2.43. The molecule has 146 valence electrons. The topological polar surface area (TPSA) is 78.5 Å². The molecular weight excluding hydrogens is 378 g/mol. The zero-order valence-electron chi connectivity index (χ0n) is 15.8. The summed E-state index contributed by atoms with van der Waals surface area (Å²) in [5.41, 5.74) is 1.60. The van der Waals surface area contributed by atoms with Crippen LogP contribution in [0.5, 0.6) is 0 Å². The molecule has 0 saturated carbocycles. The second-order valence-electron chi connectivity index (χ2n) is 7.04. The van der Waals surface area contributed by atoms with Gasteiger partial charge < -0.3 is 10.6 Å². The number of aryl methyl sites for hydroxylation is 1. The number of imide groups is 1. The first-order chi connectivity index (χ1) is 13.3. The van der Waals surface area contributed by atoms with Gasteiger partial charge >= 0.3 is 6.03 Å². The van der Waals surface area contributed by atoms with E-state index in [1.54, 1.807) is 19.1 Å². The van der Waals surface area contributed by atoms with Crippen LogP contribution in [-0.4, -0.2) is 35.8 Å². The van der Waals surface area contributed by atoms with Crippen LogP contribution in [0.25, 0.3) is 0 Å². The maximum absolute atomic E-state index is 12.8. The van der Waals surface area contributed by atoms with E-state index < -0.39 is 17.5 Å². The SMILES string of the molecule is Cc1ccc([C@]2(C)NC(=O)N(CC(=O)NCCc3ccc(Cl)cc3)C2=O)cc1. The third-order valence-corrected chi connectivity index (χ3v) is 5.11. The number of carbonyl (C=O) groups excluding carboxylic acids is 3. The number of rotatable bonds is 6. The van der Waals surface area contributed by atoms with Crippen molar-refractivity contribution >= 4 is 29.4 Å². The summed E-state index contributed by atoms with van der Waals surface area (Å²) >= 11 is 5.85. The van der Waals surface area contributed by atoms with Crippen LogP contribution < -0.4 is 10.6 Å². The maximum Gasteiger partial charge on any atom is 0.325 e. The molecule has 0 aromatic heterocycles. The lowest BCUT2D eigenvalue weighted by atomic mass is 9.91. The molecule has 2 N–H and O–H groups in total. The van der Waals surface area contributed by atoms with Crippen molar-refractivity contribution in [3.05, 3.63) is 70.2 Å². The Kier molecular flexibility index (Phi) is 5.70. The van der Waals surface area contributed by atoms with Crippen molar-refractivity contribution in [2.24, 2.45) is 0 Å². The van der Waals surface area contributed by atoms with E-state index in [0.717, 1.165) is 16.0 Å². The lowest BCUT2D eigenvalue weighted by molar-refractivity contribution is -0.134. The summed E-state index contributed by atoms with van der Waals surface area (Å²) in [6.07, 6.45) is 0.629. The van der Waals surface area contributed by atoms with E-state index in [2.05, 4.69) is 10.6 Å². The number of halogens is 1. The molecule has 7 heteroatoms. The van der Waals surface area contributed by atoms with Crippen LogP contribution in [0.15, 0.2) is 48.5 Å². The van der Waals surface area contributed by atoms with E-state index in [1.165, 1.54) is 0 Å². The van der Waals surface area contributed by atoms with Crippen molar-refractivity contribution in [3.8, 4) is 0 Å². The Hall–Kier alpha value is -2.86. The highest BCUT2D eigenvalue weighted by atomic mass is 35.5. The Labute approximate surface area is 168 Å². The molecule has 1 aliphatic rings. The van der Waals surface area contributed by atoms with Crippen molar-refractivity contribution in [1.29, 1.82) is 0 Å². The van der Waals surface area contributed by atoms with Crippen molar-refractivity contribution in [2.75, 3.05) is 13.1 Å². The van der Waals surface area contributed by atoms with Crippen molar-refractivity contribution in [3.63, 3.8) is 0 Å². The van der Waals surface area contributed by atoms with Gasteiger partial charge in [-0.05, 0) is 43.5 Å². The Morgan fingerprint density at radius 3 is 2.39 bits per heavy atom. The predicted molar refractivity (Wildman–Crippen MR) is 107 cm³/mol. The maximum atomic E-state index is 12.8. The second kappa shape index (κ2) is 8.02. The number of carbonyl (C=O) groups is 3. The average molecular weight is 400 g/mol. The molecule has 1 atom stereocenters. The summed E-state index contributed by atoms with van der Waals surface area (Å²) in [6.45, 7) is 3.68. The molecule has 28 heavy (non-hydrogen) atoms. The summed E-state index contributed by atoms with van der Waals surface area (Å²) in [6, 6.07) is 14.2. The highest BCUT2D eigenvalue weighted by molar-refractivity contribution is 6.30. The molecule has 1 heterocycles. The summed E-state index contributed by atoms with van der Waals surface area (Å²) < 4.78 is 0. The van der Waals surface area contributed by atoms with Gasteiger partial charge in [0.15, 0.2) is 0 Å². The number of amides is 4. The summed E-state index contributed by atoms with van der Waals surface area (Å²) in [7, 11) is 0. The van der Waals surface area contributed by atoms with Crippen LogP contribution in [0.4, 0.5) is 4.79 Å². The minimum absolute atomic E-state index is 0.313. The molecule has 4 amide bonds. The quantitative estimate of drug-likeness (QED) is 0.733. The van der Waals surface area contributed by atoms with Gasteiger partial charge in [-0.25, -0.2) is 4.79 Å². The highest BCUT2D eigenvalue weighted by Gasteiger charge is 2.49. The van der Waals surface area contributed by atoms with Gasteiger partial charge in [0.2, 0.25) is 5.91 Å². The predicted octanol–water partition coefficient (Wildman–Crippen LogP) is 2.77. The van der Waals surface area contributed by atoms with Crippen LogP contribution >= 0.6 is 11.6 Å². The Morgan fingerprint density at radius 1 is 1.11 bits per heavy atom. The summed E-state index contributed by atoms with van der Waals surface area (Å²) in [5, 5.41) is 6.10. The van der Waals surface area contributed by atoms with E-state index in [4.69, 9.17) is 11.6 Å². The van der Waals surface area contributed by atoms with Gasteiger partial charge in [0.05, 0.1) is 0 Å². The van der Waals surface area contributed by atoms with E-state index in [9.17, 15) is 14.4 Å². The van der Waals surface area contributed by atoms with Gasteiger partial charge in [0.1, 0.15) is 12.1 Å². The van der Waals surface area contributed by atoms with Crippen LogP contribution in [0.3, 0.4) is 0 Å². The molecule has 2 aromatic rings. The first-order valence-electron chi connectivity index (χ1n) is 9.02. The molecule has 0 unspecified atom stereocenters. The number of urea groups is 1. The largest absolute Gasteiger partial charge is 0.354 e. The van der Waals surface area contributed by atoms with Gasteiger partial charge in [0, 0.05) is 11.6 Å². The number of hydrogen-bond acceptors (Lipinski definition) is 3. The molecule has 0 spiro atoms. The Morgan fingerprint density at radius 2 is 1.75 bits per heavy atom. The fourth-order valence-corrected chi connectivity index (χ4v) is 3.25. The average Bonchev–Trinajstić information content (AvgIpc) is 2.88. The molecule has 6 nitrogen and oxygen atoms in total. The van der Waals surface area contributed by atoms with Crippen molar-refractivity contribution in [2.45, 2.75) is 25.8 Å². The monoisotopic (exact) mass is 399 g/mol. The van der Waals surface area contributed by atoms with E-state index in [0.29, 0.717) is 23.6 Å². The summed E-state index contributed by atoms with van der Waals surface area (Å²) in [4.78, 5) is 38.3. The smallest absolute Gasteiger partial charge is 0.325 e. The molecule has 3 rings (SSSR count). The zero-order chi connectivity index (χ0) is 20.3. The summed E-state index contributed by atoms with van der Waals surface area (Å²) in [5.74, 6) is -0.820. The van der Waals surface area contributed by atoms with E-state index in [1.807, 2.05) is 43.3 Å². The Bertz CT molecular complexity index is 896. The van der Waals surface area contributed by atoms with Gasteiger partial charge in [-0.1, -0.05) is 53.6 Å². The normalized spacial score (nSPS) is 18.9.